The fraction of sp³-hybridized carbons (Fsp3) is 0.0625. The largest absolute Gasteiger partial charge is 0.497 e. The Balaban J connectivity index is 2.14. The first-order chi connectivity index (χ1) is 9.19. The van der Waals surface area contributed by atoms with Crippen molar-refractivity contribution in [2.24, 2.45) is 0 Å². The van der Waals surface area contributed by atoms with Gasteiger partial charge in [-0.1, -0.05) is 17.5 Å². The molecule has 0 bridgehead atoms. The molecule has 0 aliphatic heterocycles. The number of Topliss-reactive ketones (excluding diaryl/α,β-unsaturated/α-hetero) is 1. The van der Waals surface area contributed by atoms with Crippen LogP contribution in [0.3, 0.4) is 0 Å². The predicted octanol–water partition coefficient (Wildman–Crippen LogP) is 3.58. The van der Waals surface area contributed by atoms with Crippen LogP contribution in [-0.4, -0.2) is 12.9 Å². The van der Waals surface area contributed by atoms with Crippen LogP contribution in [0.5, 0.6) is 5.75 Å². The summed E-state index contributed by atoms with van der Waals surface area (Å²) >= 11 is 5.77. The number of halogens is 1. The molecule has 2 aromatic rings. The van der Waals surface area contributed by atoms with Crippen molar-refractivity contribution in [3.8, 4) is 17.6 Å². The standard InChI is InChI=1S/C16H11ClO2/c1-19-15-9-5-13(6-10-15)16(18)11-4-12-2-7-14(17)8-3-12/h2-3,5-10H,1H3. The zero-order valence-corrected chi connectivity index (χ0v) is 11.1. The van der Waals surface area contributed by atoms with Crippen LogP contribution >= 0.6 is 11.6 Å². The normalized spacial score (nSPS) is 9.37. The number of carbonyl (C=O) groups excluding carboxylic acids is 1. The van der Waals surface area contributed by atoms with Crippen molar-refractivity contribution < 1.29 is 9.53 Å². The monoisotopic (exact) mass is 270 g/mol. The molecule has 0 heterocycles. The quantitative estimate of drug-likeness (QED) is 0.616. The molecule has 0 unspecified atom stereocenters. The SMILES string of the molecule is COc1ccc(C(=O)C#Cc2ccc(Cl)cc2)cc1. The van der Waals surface area contributed by atoms with Crippen LogP contribution < -0.4 is 4.74 Å². The molecule has 2 rings (SSSR count). The molecule has 3 heteroatoms. The first-order valence-electron chi connectivity index (χ1n) is 5.65. The van der Waals surface area contributed by atoms with E-state index in [0.29, 0.717) is 16.3 Å². The van der Waals surface area contributed by atoms with Gasteiger partial charge in [-0.3, -0.25) is 4.79 Å². The van der Waals surface area contributed by atoms with Crippen LogP contribution in [0, 0.1) is 11.8 Å². The van der Waals surface area contributed by atoms with Crippen molar-refractivity contribution in [3.63, 3.8) is 0 Å². The number of rotatable bonds is 2. The number of methoxy groups -OCH3 is 1. The molecule has 94 valence electrons. The predicted molar refractivity (Wildman–Crippen MR) is 75.7 cm³/mol. The molecule has 2 aromatic carbocycles. The second-order valence-electron chi connectivity index (χ2n) is 3.81. The summed E-state index contributed by atoms with van der Waals surface area (Å²) in [5, 5.41) is 0.645. The maximum Gasteiger partial charge on any atom is 0.236 e. The highest BCUT2D eigenvalue weighted by molar-refractivity contribution is 6.30. The van der Waals surface area contributed by atoms with Gasteiger partial charge in [0.15, 0.2) is 0 Å². The summed E-state index contributed by atoms with van der Waals surface area (Å²) in [6, 6.07) is 13.9. The van der Waals surface area contributed by atoms with Crippen LogP contribution in [0.4, 0.5) is 0 Å². The third-order valence-electron chi connectivity index (χ3n) is 2.52. The Hall–Kier alpha value is -2.24. The second kappa shape index (κ2) is 6.08. The molecule has 0 N–H and O–H groups in total. The highest BCUT2D eigenvalue weighted by atomic mass is 35.5. The third kappa shape index (κ3) is 3.61. The van der Waals surface area contributed by atoms with Gasteiger partial charge in [0.2, 0.25) is 5.78 Å². The molecule has 0 saturated carbocycles. The smallest absolute Gasteiger partial charge is 0.236 e. The summed E-state index contributed by atoms with van der Waals surface area (Å²) in [4.78, 5) is 11.8. The van der Waals surface area contributed by atoms with Crippen molar-refractivity contribution in [2.75, 3.05) is 7.11 Å². The lowest BCUT2D eigenvalue weighted by molar-refractivity contribution is 0.105. The molecule has 0 saturated heterocycles. The summed E-state index contributed by atoms with van der Waals surface area (Å²) < 4.78 is 5.03. The molecule has 0 aromatic heterocycles. The average Bonchev–Trinajstić information content (AvgIpc) is 2.46. The Labute approximate surface area is 117 Å². The topological polar surface area (TPSA) is 26.3 Å². The molecular formula is C16H11ClO2. The summed E-state index contributed by atoms with van der Waals surface area (Å²) in [6.45, 7) is 0. The second-order valence-corrected chi connectivity index (χ2v) is 4.25. The lowest BCUT2D eigenvalue weighted by Gasteiger charge is -1.98. The van der Waals surface area contributed by atoms with Crippen molar-refractivity contribution in [1.82, 2.24) is 0 Å². The molecule has 0 radical (unpaired) electrons. The van der Waals surface area contributed by atoms with Gasteiger partial charge in [0.25, 0.3) is 0 Å². The van der Waals surface area contributed by atoms with Gasteiger partial charge in [0, 0.05) is 16.1 Å². The van der Waals surface area contributed by atoms with E-state index in [1.54, 1.807) is 55.6 Å². The molecule has 2 nitrogen and oxygen atoms in total. The van der Waals surface area contributed by atoms with E-state index in [0.717, 1.165) is 5.56 Å². The maximum atomic E-state index is 11.8. The van der Waals surface area contributed by atoms with E-state index in [1.165, 1.54) is 0 Å². The lowest BCUT2D eigenvalue weighted by Crippen LogP contribution is -1.95. The number of benzene rings is 2. The zero-order valence-electron chi connectivity index (χ0n) is 10.3. The van der Waals surface area contributed by atoms with E-state index in [1.807, 2.05) is 0 Å². The minimum absolute atomic E-state index is 0.224. The van der Waals surface area contributed by atoms with Gasteiger partial charge < -0.3 is 4.74 Å². The molecule has 0 aliphatic rings. The van der Waals surface area contributed by atoms with Crippen LogP contribution in [0.15, 0.2) is 48.5 Å². The van der Waals surface area contributed by atoms with Crippen molar-refractivity contribution in [1.29, 1.82) is 0 Å². The molecule has 0 amide bonds. The van der Waals surface area contributed by atoms with Crippen LogP contribution in [-0.2, 0) is 0 Å². The number of ketones is 1. The zero-order chi connectivity index (χ0) is 13.7. The van der Waals surface area contributed by atoms with Crippen LogP contribution in [0.2, 0.25) is 5.02 Å². The fourth-order valence-electron chi connectivity index (χ4n) is 1.48. The fourth-order valence-corrected chi connectivity index (χ4v) is 1.60. The maximum absolute atomic E-state index is 11.8. The first-order valence-corrected chi connectivity index (χ1v) is 6.03. The highest BCUT2D eigenvalue weighted by Crippen LogP contribution is 2.12. The number of carbonyl (C=O) groups is 1. The molecule has 0 spiro atoms. The first kappa shape index (κ1) is 13.2. The summed E-state index contributed by atoms with van der Waals surface area (Å²) in [6.07, 6.45) is 0. The molecule has 0 fully saturated rings. The van der Waals surface area contributed by atoms with Gasteiger partial charge in [-0.05, 0) is 54.5 Å². The third-order valence-corrected chi connectivity index (χ3v) is 2.77. The van der Waals surface area contributed by atoms with Crippen molar-refractivity contribution in [2.45, 2.75) is 0 Å². The van der Waals surface area contributed by atoms with E-state index in [4.69, 9.17) is 16.3 Å². The Morgan fingerprint density at radius 1 is 1.05 bits per heavy atom. The van der Waals surface area contributed by atoms with Gasteiger partial charge in [-0.25, -0.2) is 0 Å². The summed E-state index contributed by atoms with van der Waals surface area (Å²) in [5.41, 5.74) is 1.30. The molecule has 0 atom stereocenters. The Morgan fingerprint density at radius 3 is 2.26 bits per heavy atom. The van der Waals surface area contributed by atoms with Gasteiger partial charge in [0.05, 0.1) is 7.11 Å². The van der Waals surface area contributed by atoms with Gasteiger partial charge in [-0.2, -0.15) is 0 Å². The number of hydrogen-bond donors (Lipinski definition) is 0. The van der Waals surface area contributed by atoms with E-state index >= 15 is 0 Å². The summed E-state index contributed by atoms with van der Waals surface area (Å²) in [7, 11) is 1.58. The Morgan fingerprint density at radius 2 is 1.68 bits per heavy atom. The average molecular weight is 271 g/mol. The van der Waals surface area contributed by atoms with Crippen LogP contribution in [0.25, 0.3) is 0 Å². The lowest BCUT2D eigenvalue weighted by atomic mass is 10.1. The molecular weight excluding hydrogens is 260 g/mol. The van der Waals surface area contributed by atoms with Crippen LogP contribution in [0.1, 0.15) is 15.9 Å². The van der Waals surface area contributed by atoms with Gasteiger partial charge in [-0.15, -0.1) is 0 Å². The van der Waals surface area contributed by atoms with E-state index in [-0.39, 0.29) is 5.78 Å². The van der Waals surface area contributed by atoms with E-state index in [9.17, 15) is 4.79 Å². The van der Waals surface area contributed by atoms with E-state index < -0.39 is 0 Å². The Kier molecular flexibility index (Phi) is 4.22. The minimum atomic E-state index is -0.224. The van der Waals surface area contributed by atoms with Crippen molar-refractivity contribution >= 4 is 17.4 Å². The highest BCUT2D eigenvalue weighted by Gasteiger charge is 2.01. The van der Waals surface area contributed by atoms with E-state index in [2.05, 4.69) is 11.8 Å². The minimum Gasteiger partial charge on any atom is -0.497 e. The molecule has 19 heavy (non-hydrogen) atoms. The van der Waals surface area contributed by atoms with Gasteiger partial charge >= 0.3 is 0 Å². The Bertz CT molecular complexity index is 631. The summed E-state index contributed by atoms with van der Waals surface area (Å²) in [5.74, 6) is 5.89. The number of hydrogen-bond acceptors (Lipinski definition) is 2. The van der Waals surface area contributed by atoms with Crippen molar-refractivity contribution in [3.05, 3.63) is 64.7 Å². The molecule has 0 aliphatic carbocycles. The number of ether oxygens (including phenoxy) is 1. The van der Waals surface area contributed by atoms with Gasteiger partial charge in [0.1, 0.15) is 5.75 Å².